The van der Waals surface area contributed by atoms with E-state index in [1.807, 2.05) is 0 Å². The average molecular weight is 304 g/mol. The molecule has 116 valence electrons. The lowest BCUT2D eigenvalue weighted by Crippen LogP contribution is -2.69. The number of amides is 3. The number of hydrogen-bond acceptors (Lipinski definition) is 4. The number of benzene rings is 1. The molecule has 0 saturated carbocycles. The van der Waals surface area contributed by atoms with Crippen molar-refractivity contribution in [1.82, 2.24) is 10.2 Å². The Morgan fingerprint density at radius 3 is 1.91 bits per heavy atom. The van der Waals surface area contributed by atoms with Crippen LogP contribution in [0, 0.1) is 5.92 Å². The maximum absolute atomic E-state index is 12.5. The van der Waals surface area contributed by atoms with E-state index in [0.29, 0.717) is 4.90 Å². The summed E-state index contributed by atoms with van der Waals surface area (Å²) in [4.78, 5) is 49.1. The normalized spacial score (nSPS) is 16.5. The van der Waals surface area contributed by atoms with Crippen molar-refractivity contribution in [3.8, 4) is 0 Å². The van der Waals surface area contributed by atoms with Crippen LogP contribution in [0.25, 0.3) is 0 Å². The third-order valence-electron chi connectivity index (χ3n) is 3.67. The summed E-state index contributed by atoms with van der Waals surface area (Å²) in [5.74, 6) is -4.30. The number of carboxylic acids is 1. The van der Waals surface area contributed by atoms with E-state index in [9.17, 15) is 24.3 Å². The number of nitrogens with one attached hydrogen (secondary N) is 1. The van der Waals surface area contributed by atoms with Gasteiger partial charge in [0.05, 0.1) is 11.1 Å². The number of nitrogens with zero attached hydrogens (tertiary/aromatic N) is 1. The first-order chi connectivity index (χ1) is 10.2. The number of rotatable bonds is 4. The molecule has 22 heavy (non-hydrogen) atoms. The van der Waals surface area contributed by atoms with Crippen molar-refractivity contribution in [3.63, 3.8) is 0 Å². The maximum atomic E-state index is 12.5. The zero-order chi connectivity index (χ0) is 16.7. The van der Waals surface area contributed by atoms with Gasteiger partial charge in [0.15, 0.2) is 0 Å². The molecule has 1 aliphatic rings. The van der Waals surface area contributed by atoms with Crippen molar-refractivity contribution >= 4 is 23.7 Å². The Balaban J connectivity index is 2.64. The highest BCUT2D eigenvalue weighted by atomic mass is 16.4. The van der Waals surface area contributed by atoms with Crippen molar-refractivity contribution in [2.24, 2.45) is 5.92 Å². The topological polar surface area (TPSA) is 104 Å². The molecule has 1 atom stereocenters. The third-order valence-corrected chi connectivity index (χ3v) is 3.67. The van der Waals surface area contributed by atoms with Gasteiger partial charge in [0, 0.05) is 12.8 Å². The van der Waals surface area contributed by atoms with Gasteiger partial charge in [-0.05, 0) is 12.1 Å². The Hall–Kier alpha value is -2.70. The molecule has 0 spiro atoms. The molecule has 1 aliphatic heterocycles. The van der Waals surface area contributed by atoms with E-state index in [2.05, 4.69) is 5.32 Å². The Morgan fingerprint density at radius 2 is 1.59 bits per heavy atom. The lowest BCUT2D eigenvalue weighted by Gasteiger charge is -2.40. The van der Waals surface area contributed by atoms with E-state index in [0.717, 1.165) is 6.92 Å². The standard InChI is InChI=1S/C15H16N2O5/c1-8(2)15(14(21)22,16-9(3)18)17-12(19)10-6-4-5-7-11(10)13(17)20/h4-8H,1-3H3,(H,16,18)(H,21,22). The van der Waals surface area contributed by atoms with E-state index >= 15 is 0 Å². The van der Waals surface area contributed by atoms with Crippen LogP contribution in [-0.4, -0.2) is 39.4 Å². The summed E-state index contributed by atoms with van der Waals surface area (Å²) in [5, 5.41) is 11.9. The van der Waals surface area contributed by atoms with Gasteiger partial charge in [0.2, 0.25) is 11.6 Å². The van der Waals surface area contributed by atoms with Crippen LogP contribution in [0.2, 0.25) is 0 Å². The summed E-state index contributed by atoms with van der Waals surface area (Å²) in [6, 6.07) is 6.08. The maximum Gasteiger partial charge on any atom is 0.351 e. The molecular weight excluding hydrogens is 288 g/mol. The molecule has 0 aromatic heterocycles. The first kappa shape index (κ1) is 15.7. The molecule has 1 unspecified atom stereocenters. The van der Waals surface area contributed by atoms with Crippen LogP contribution in [0.4, 0.5) is 0 Å². The zero-order valence-corrected chi connectivity index (χ0v) is 12.4. The molecule has 0 fully saturated rings. The fourth-order valence-corrected chi connectivity index (χ4v) is 2.63. The van der Waals surface area contributed by atoms with Crippen LogP contribution in [0.3, 0.4) is 0 Å². The number of fused-ring (bicyclic) bond motifs is 1. The number of carboxylic acid groups (broad SMARTS) is 1. The lowest BCUT2D eigenvalue weighted by atomic mass is 9.93. The molecule has 2 rings (SSSR count). The molecule has 1 aromatic carbocycles. The summed E-state index contributed by atoms with van der Waals surface area (Å²) in [6.07, 6.45) is 0. The second-order valence-corrected chi connectivity index (χ2v) is 5.40. The minimum atomic E-state index is -2.13. The summed E-state index contributed by atoms with van der Waals surface area (Å²) >= 11 is 0. The molecule has 3 amide bonds. The number of imide groups is 1. The van der Waals surface area contributed by atoms with E-state index in [4.69, 9.17) is 0 Å². The van der Waals surface area contributed by atoms with Gasteiger partial charge in [-0.2, -0.15) is 0 Å². The van der Waals surface area contributed by atoms with E-state index in [1.54, 1.807) is 12.1 Å². The highest BCUT2D eigenvalue weighted by molar-refractivity contribution is 6.23. The van der Waals surface area contributed by atoms with Gasteiger partial charge >= 0.3 is 5.97 Å². The van der Waals surface area contributed by atoms with Crippen LogP contribution in [0.1, 0.15) is 41.5 Å². The molecule has 0 saturated heterocycles. The van der Waals surface area contributed by atoms with Crippen molar-refractivity contribution in [1.29, 1.82) is 0 Å². The summed E-state index contributed by atoms with van der Waals surface area (Å²) < 4.78 is 0. The zero-order valence-electron chi connectivity index (χ0n) is 12.4. The molecule has 2 N–H and O–H groups in total. The summed E-state index contributed by atoms with van der Waals surface area (Å²) in [5.41, 5.74) is -1.87. The fourth-order valence-electron chi connectivity index (χ4n) is 2.63. The van der Waals surface area contributed by atoms with Gasteiger partial charge in [-0.15, -0.1) is 0 Å². The van der Waals surface area contributed by atoms with E-state index < -0.39 is 35.3 Å². The minimum Gasteiger partial charge on any atom is -0.478 e. The fraction of sp³-hybridized carbons (Fsp3) is 0.333. The molecule has 7 heteroatoms. The van der Waals surface area contributed by atoms with Crippen LogP contribution < -0.4 is 5.32 Å². The second-order valence-electron chi connectivity index (χ2n) is 5.40. The summed E-state index contributed by atoms with van der Waals surface area (Å²) in [7, 11) is 0. The highest BCUT2D eigenvalue weighted by Crippen LogP contribution is 2.32. The predicted molar refractivity (Wildman–Crippen MR) is 76.0 cm³/mol. The third kappa shape index (κ3) is 2.05. The van der Waals surface area contributed by atoms with Crippen molar-refractivity contribution in [2.45, 2.75) is 26.4 Å². The van der Waals surface area contributed by atoms with Crippen LogP contribution >= 0.6 is 0 Å². The quantitative estimate of drug-likeness (QED) is 0.803. The second kappa shape index (κ2) is 5.25. The van der Waals surface area contributed by atoms with Gasteiger partial charge < -0.3 is 10.4 Å². The van der Waals surface area contributed by atoms with Crippen LogP contribution in [0.15, 0.2) is 24.3 Å². The highest BCUT2D eigenvalue weighted by Gasteiger charge is 2.56. The van der Waals surface area contributed by atoms with E-state index in [1.165, 1.54) is 26.0 Å². The monoisotopic (exact) mass is 304 g/mol. The molecular formula is C15H16N2O5. The Kier molecular flexibility index (Phi) is 3.74. The minimum absolute atomic E-state index is 0.129. The van der Waals surface area contributed by atoms with Gasteiger partial charge in [-0.25, -0.2) is 9.69 Å². The Morgan fingerprint density at radius 1 is 1.14 bits per heavy atom. The van der Waals surface area contributed by atoms with Gasteiger partial charge in [-0.1, -0.05) is 26.0 Å². The van der Waals surface area contributed by atoms with Crippen LogP contribution in [-0.2, 0) is 9.59 Å². The first-order valence-corrected chi connectivity index (χ1v) is 6.73. The lowest BCUT2D eigenvalue weighted by molar-refractivity contribution is -0.156. The summed E-state index contributed by atoms with van der Waals surface area (Å²) in [6.45, 7) is 4.18. The molecule has 1 aromatic rings. The number of carbonyl (C=O) groups is 4. The largest absolute Gasteiger partial charge is 0.478 e. The predicted octanol–water partition coefficient (Wildman–Crippen LogP) is 0.856. The Bertz CT molecular complexity index is 647. The van der Waals surface area contributed by atoms with Gasteiger partial charge in [0.1, 0.15) is 0 Å². The molecule has 0 radical (unpaired) electrons. The van der Waals surface area contributed by atoms with Crippen molar-refractivity contribution in [2.75, 3.05) is 0 Å². The molecule has 0 bridgehead atoms. The Labute approximate surface area is 126 Å². The van der Waals surface area contributed by atoms with Crippen molar-refractivity contribution < 1.29 is 24.3 Å². The first-order valence-electron chi connectivity index (χ1n) is 6.73. The number of hydrogen-bond donors (Lipinski definition) is 2. The smallest absolute Gasteiger partial charge is 0.351 e. The van der Waals surface area contributed by atoms with Gasteiger partial charge in [-0.3, -0.25) is 14.4 Å². The van der Waals surface area contributed by atoms with Crippen molar-refractivity contribution in [3.05, 3.63) is 35.4 Å². The van der Waals surface area contributed by atoms with E-state index in [-0.39, 0.29) is 11.1 Å². The molecule has 0 aliphatic carbocycles. The molecule has 7 nitrogen and oxygen atoms in total. The van der Waals surface area contributed by atoms with Gasteiger partial charge in [0.25, 0.3) is 11.8 Å². The SMILES string of the molecule is CC(=O)NC(C(=O)O)(C(C)C)N1C(=O)c2ccccc2C1=O. The average Bonchev–Trinajstić information content (AvgIpc) is 2.68. The number of aliphatic carboxylic acids is 1. The van der Waals surface area contributed by atoms with Crippen LogP contribution in [0.5, 0.6) is 0 Å². The molecule has 1 heterocycles. The number of carbonyl (C=O) groups excluding carboxylic acids is 3.